The van der Waals surface area contributed by atoms with Crippen LogP contribution in [0.15, 0.2) is 66.7 Å². The molecule has 0 nitrogen and oxygen atoms in total. The highest BCUT2D eigenvalue weighted by Gasteiger charge is 2.14. The molecule has 3 aromatic carbocycles. The Balaban J connectivity index is 2.18. The van der Waals surface area contributed by atoms with E-state index >= 15 is 0 Å². The number of halogens is 2. The van der Waals surface area contributed by atoms with E-state index in [1.165, 1.54) is 0 Å². The van der Waals surface area contributed by atoms with Gasteiger partial charge in [0.25, 0.3) is 0 Å². The van der Waals surface area contributed by atoms with Gasteiger partial charge in [-0.25, -0.2) is 0 Å². The predicted octanol–water partition coefficient (Wildman–Crippen LogP) is 5.82. The van der Waals surface area contributed by atoms with Crippen LogP contribution in [0.3, 0.4) is 0 Å². The van der Waals surface area contributed by atoms with Gasteiger partial charge in [0.1, 0.15) is 0 Å². The third-order valence-corrected chi connectivity index (χ3v) is 4.09. The zero-order valence-electron chi connectivity index (χ0n) is 10.2. The van der Waals surface area contributed by atoms with E-state index in [4.69, 9.17) is 23.2 Å². The largest absolute Gasteiger partial charge is 0.113 e. The number of hydrogen-bond acceptors (Lipinski definition) is 0. The van der Waals surface area contributed by atoms with Crippen molar-refractivity contribution in [2.75, 3.05) is 0 Å². The Morgan fingerprint density at radius 2 is 1.32 bits per heavy atom. The van der Waals surface area contributed by atoms with E-state index in [2.05, 4.69) is 6.07 Å². The minimum absolute atomic E-state index is 0.164. The fraction of sp³-hybridized carbons (Fsp3) is 0.0588. The van der Waals surface area contributed by atoms with Gasteiger partial charge < -0.3 is 0 Å². The molecule has 1 atom stereocenters. The predicted molar refractivity (Wildman–Crippen MR) is 83.1 cm³/mol. The van der Waals surface area contributed by atoms with Crippen LogP contribution in [0.4, 0.5) is 0 Å². The molecule has 94 valence electrons. The van der Waals surface area contributed by atoms with Crippen LogP contribution in [0.2, 0.25) is 5.02 Å². The molecular formula is C17H12Cl2. The van der Waals surface area contributed by atoms with Crippen LogP contribution in [0.25, 0.3) is 10.8 Å². The molecule has 19 heavy (non-hydrogen) atoms. The Morgan fingerprint density at radius 1 is 0.684 bits per heavy atom. The summed E-state index contributed by atoms with van der Waals surface area (Å²) >= 11 is 12.9. The zero-order chi connectivity index (χ0) is 13.2. The van der Waals surface area contributed by atoms with Crippen LogP contribution in [-0.4, -0.2) is 0 Å². The molecule has 3 rings (SSSR count). The first-order valence-corrected chi connectivity index (χ1v) is 6.95. The standard InChI is InChI=1S/C17H12Cl2/c18-16-11-10-15(13-8-4-5-9-14(13)16)17(19)12-6-2-1-3-7-12/h1-11,17H. The summed E-state index contributed by atoms with van der Waals surface area (Å²) in [6.45, 7) is 0. The summed E-state index contributed by atoms with van der Waals surface area (Å²) in [5.41, 5.74) is 2.18. The quantitative estimate of drug-likeness (QED) is 0.521. The van der Waals surface area contributed by atoms with Gasteiger partial charge in [0, 0.05) is 10.4 Å². The van der Waals surface area contributed by atoms with Gasteiger partial charge in [-0.3, -0.25) is 0 Å². The van der Waals surface area contributed by atoms with E-state index in [1.54, 1.807) is 0 Å². The number of rotatable bonds is 2. The van der Waals surface area contributed by atoms with Crippen molar-refractivity contribution < 1.29 is 0 Å². The van der Waals surface area contributed by atoms with E-state index in [0.717, 1.165) is 26.9 Å². The highest BCUT2D eigenvalue weighted by molar-refractivity contribution is 6.36. The van der Waals surface area contributed by atoms with Gasteiger partial charge in [-0.15, -0.1) is 11.6 Å². The molecule has 0 saturated carbocycles. The Kier molecular flexibility index (Phi) is 3.46. The lowest BCUT2D eigenvalue weighted by Gasteiger charge is -2.14. The van der Waals surface area contributed by atoms with Crippen molar-refractivity contribution in [1.29, 1.82) is 0 Å². The molecule has 0 aliphatic carbocycles. The van der Waals surface area contributed by atoms with Gasteiger partial charge in [-0.2, -0.15) is 0 Å². The van der Waals surface area contributed by atoms with Gasteiger partial charge in [-0.05, 0) is 22.6 Å². The molecular weight excluding hydrogens is 275 g/mol. The van der Waals surface area contributed by atoms with E-state index in [1.807, 2.05) is 60.7 Å². The molecule has 0 N–H and O–H groups in total. The van der Waals surface area contributed by atoms with Crippen molar-refractivity contribution in [3.05, 3.63) is 82.9 Å². The van der Waals surface area contributed by atoms with Crippen LogP contribution in [0.1, 0.15) is 16.5 Å². The van der Waals surface area contributed by atoms with Crippen LogP contribution >= 0.6 is 23.2 Å². The normalized spacial score (nSPS) is 12.5. The Hall–Kier alpha value is -1.50. The average molecular weight is 287 g/mol. The third kappa shape index (κ3) is 2.34. The summed E-state index contributed by atoms with van der Waals surface area (Å²) < 4.78 is 0. The summed E-state index contributed by atoms with van der Waals surface area (Å²) in [5.74, 6) is 0. The molecule has 0 aromatic heterocycles. The lowest BCUT2D eigenvalue weighted by Crippen LogP contribution is -1.94. The molecule has 3 aromatic rings. The molecule has 0 fully saturated rings. The molecule has 0 aliphatic heterocycles. The van der Waals surface area contributed by atoms with Crippen molar-refractivity contribution in [3.63, 3.8) is 0 Å². The maximum atomic E-state index is 6.62. The monoisotopic (exact) mass is 286 g/mol. The summed E-state index contributed by atoms with van der Waals surface area (Å²) in [4.78, 5) is 0. The maximum absolute atomic E-state index is 6.62. The van der Waals surface area contributed by atoms with Crippen LogP contribution < -0.4 is 0 Å². The van der Waals surface area contributed by atoms with Crippen molar-refractivity contribution in [2.45, 2.75) is 5.38 Å². The topological polar surface area (TPSA) is 0 Å². The first kappa shape index (κ1) is 12.5. The van der Waals surface area contributed by atoms with Crippen LogP contribution in [0.5, 0.6) is 0 Å². The number of hydrogen-bond donors (Lipinski definition) is 0. The van der Waals surface area contributed by atoms with E-state index < -0.39 is 0 Å². The van der Waals surface area contributed by atoms with Gasteiger partial charge in [-0.1, -0.05) is 72.3 Å². The highest BCUT2D eigenvalue weighted by Crippen LogP contribution is 2.36. The molecule has 0 amide bonds. The van der Waals surface area contributed by atoms with Crippen LogP contribution in [0, 0.1) is 0 Å². The molecule has 2 heteroatoms. The Bertz CT molecular complexity index is 705. The maximum Gasteiger partial charge on any atom is 0.0841 e. The summed E-state index contributed by atoms with van der Waals surface area (Å²) in [5, 5.41) is 2.75. The fourth-order valence-electron chi connectivity index (χ4n) is 2.31. The van der Waals surface area contributed by atoms with E-state index in [0.29, 0.717) is 0 Å². The highest BCUT2D eigenvalue weighted by atomic mass is 35.5. The molecule has 0 radical (unpaired) electrons. The summed E-state index contributed by atoms with van der Waals surface area (Å²) in [6, 6.07) is 22.1. The van der Waals surface area contributed by atoms with Crippen LogP contribution in [-0.2, 0) is 0 Å². The van der Waals surface area contributed by atoms with Gasteiger partial charge in [0.2, 0.25) is 0 Å². The van der Waals surface area contributed by atoms with E-state index in [-0.39, 0.29) is 5.38 Å². The van der Waals surface area contributed by atoms with Crippen molar-refractivity contribution in [3.8, 4) is 0 Å². The second kappa shape index (κ2) is 5.24. The molecule has 0 aliphatic rings. The number of fused-ring (bicyclic) bond motifs is 1. The number of benzene rings is 3. The molecule has 0 heterocycles. The Labute approximate surface area is 122 Å². The van der Waals surface area contributed by atoms with Crippen molar-refractivity contribution in [2.24, 2.45) is 0 Å². The van der Waals surface area contributed by atoms with Crippen molar-refractivity contribution in [1.82, 2.24) is 0 Å². The minimum atomic E-state index is -0.164. The summed E-state index contributed by atoms with van der Waals surface area (Å²) in [6.07, 6.45) is 0. The van der Waals surface area contributed by atoms with Gasteiger partial charge in [0.05, 0.1) is 5.38 Å². The lowest BCUT2D eigenvalue weighted by molar-refractivity contribution is 1.16. The Morgan fingerprint density at radius 3 is 2.05 bits per heavy atom. The second-order valence-corrected chi connectivity index (χ2v) is 5.30. The SMILES string of the molecule is Clc1ccc(C(Cl)c2ccccc2)c2ccccc12. The molecule has 0 saturated heterocycles. The minimum Gasteiger partial charge on any atom is -0.113 e. The number of alkyl halides is 1. The first-order chi connectivity index (χ1) is 9.27. The zero-order valence-corrected chi connectivity index (χ0v) is 11.7. The average Bonchev–Trinajstić information content (AvgIpc) is 2.48. The smallest absolute Gasteiger partial charge is 0.0841 e. The molecule has 0 spiro atoms. The third-order valence-electron chi connectivity index (χ3n) is 3.27. The van der Waals surface area contributed by atoms with Crippen molar-refractivity contribution >= 4 is 34.0 Å². The summed E-state index contributed by atoms with van der Waals surface area (Å²) in [7, 11) is 0. The molecule has 0 bridgehead atoms. The van der Waals surface area contributed by atoms with E-state index in [9.17, 15) is 0 Å². The van der Waals surface area contributed by atoms with Gasteiger partial charge >= 0.3 is 0 Å². The lowest BCUT2D eigenvalue weighted by atomic mass is 9.98. The second-order valence-electron chi connectivity index (χ2n) is 4.46. The molecule has 1 unspecified atom stereocenters. The first-order valence-electron chi connectivity index (χ1n) is 6.13. The van der Waals surface area contributed by atoms with Gasteiger partial charge in [0.15, 0.2) is 0 Å². The fourth-order valence-corrected chi connectivity index (χ4v) is 2.87.